The molecule has 0 N–H and O–H groups in total. The van der Waals surface area contributed by atoms with E-state index in [1.54, 1.807) is 13.0 Å². The first kappa shape index (κ1) is 10.9. The Bertz CT molecular complexity index is 524. The van der Waals surface area contributed by atoms with Crippen LogP contribution in [0.2, 0.25) is 0 Å². The number of nitrogens with zero attached hydrogens (tertiary/aromatic N) is 2. The van der Waals surface area contributed by atoms with E-state index in [1.165, 1.54) is 18.0 Å². The fourth-order valence-electron chi connectivity index (χ4n) is 1.25. The van der Waals surface area contributed by atoms with Crippen LogP contribution in [-0.2, 0) is 4.74 Å². The summed E-state index contributed by atoms with van der Waals surface area (Å²) in [4.78, 5) is 20.0. The Hall–Kier alpha value is -1.56. The third kappa shape index (κ3) is 1.88. The predicted octanol–water partition coefficient (Wildman–Crippen LogP) is 2.12. The van der Waals surface area contributed by atoms with E-state index >= 15 is 0 Å². The lowest BCUT2D eigenvalue weighted by molar-refractivity contribution is 0.0514. The molecule has 5 nitrogen and oxygen atoms in total. The summed E-state index contributed by atoms with van der Waals surface area (Å²) in [5.74, 6) is -0.456. The molecule has 2 rings (SSSR count). The molecular weight excluding hydrogens is 228 g/mol. The van der Waals surface area contributed by atoms with Gasteiger partial charge in [-0.1, -0.05) is 0 Å². The summed E-state index contributed by atoms with van der Waals surface area (Å²) < 4.78 is 10.0. The number of ether oxygens (including phenoxy) is 1. The van der Waals surface area contributed by atoms with Gasteiger partial charge in [-0.15, -0.1) is 11.8 Å². The molecule has 0 atom stereocenters. The molecule has 2 aromatic rings. The monoisotopic (exact) mass is 238 g/mol. The lowest BCUT2D eigenvalue weighted by Crippen LogP contribution is -2.09. The molecule has 0 aliphatic carbocycles. The van der Waals surface area contributed by atoms with Gasteiger partial charge in [0, 0.05) is 6.07 Å². The van der Waals surface area contributed by atoms with Crippen LogP contribution in [0.25, 0.3) is 11.2 Å². The highest BCUT2D eigenvalue weighted by atomic mass is 32.2. The van der Waals surface area contributed by atoms with E-state index in [0.717, 1.165) is 0 Å². The summed E-state index contributed by atoms with van der Waals surface area (Å²) >= 11 is 1.33. The number of carbonyl (C=O) groups is 1. The molecule has 0 aliphatic rings. The minimum atomic E-state index is -0.456. The quantitative estimate of drug-likeness (QED) is 0.602. The van der Waals surface area contributed by atoms with Gasteiger partial charge < -0.3 is 9.15 Å². The van der Waals surface area contributed by atoms with Crippen LogP contribution in [0.5, 0.6) is 0 Å². The van der Waals surface area contributed by atoms with Gasteiger partial charge in [0.05, 0.1) is 12.9 Å². The number of rotatable bonds is 3. The lowest BCUT2D eigenvalue weighted by atomic mass is 10.4. The molecule has 16 heavy (non-hydrogen) atoms. The number of aromatic nitrogens is 2. The van der Waals surface area contributed by atoms with Gasteiger partial charge in [-0.05, 0) is 13.2 Å². The maximum atomic E-state index is 11.6. The van der Waals surface area contributed by atoms with Crippen LogP contribution in [0.4, 0.5) is 0 Å². The number of hydrogen-bond acceptors (Lipinski definition) is 6. The van der Waals surface area contributed by atoms with Crippen LogP contribution in [-0.4, -0.2) is 28.8 Å². The molecule has 0 aromatic carbocycles. The van der Waals surface area contributed by atoms with E-state index in [0.29, 0.717) is 22.9 Å². The number of carbonyl (C=O) groups excluding carboxylic acids is 1. The van der Waals surface area contributed by atoms with Crippen molar-refractivity contribution >= 4 is 29.0 Å². The summed E-state index contributed by atoms with van der Waals surface area (Å²) in [5.41, 5.74) is 1.22. The Morgan fingerprint density at radius 3 is 3.06 bits per heavy atom. The van der Waals surface area contributed by atoms with Crippen molar-refractivity contribution in [1.29, 1.82) is 0 Å². The van der Waals surface area contributed by atoms with E-state index in [-0.39, 0.29) is 5.69 Å². The minimum Gasteiger partial charge on any atom is -0.461 e. The maximum absolute atomic E-state index is 11.6. The number of hydrogen-bond donors (Lipinski definition) is 0. The van der Waals surface area contributed by atoms with Crippen molar-refractivity contribution in [3.63, 3.8) is 0 Å². The molecule has 0 bridgehead atoms. The molecule has 0 amide bonds. The first-order valence-corrected chi connectivity index (χ1v) is 5.95. The zero-order valence-electron chi connectivity index (χ0n) is 8.89. The number of esters is 1. The topological polar surface area (TPSA) is 65.2 Å². The second-order valence-electron chi connectivity index (χ2n) is 2.91. The zero-order chi connectivity index (χ0) is 11.5. The van der Waals surface area contributed by atoms with Crippen molar-refractivity contribution < 1.29 is 13.9 Å². The van der Waals surface area contributed by atoms with Gasteiger partial charge in [0.2, 0.25) is 5.71 Å². The largest absolute Gasteiger partial charge is 0.461 e. The van der Waals surface area contributed by atoms with Crippen LogP contribution in [0, 0.1) is 0 Å². The van der Waals surface area contributed by atoms with Gasteiger partial charge in [-0.2, -0.15) is 0 Å². The average Bonchev–Trinajstić information content (AvgIpc) is 2.74. The average molecular weight is 238 g/mol. The Morgan fingerprint density at radius 2 is 2.38 bits per heavy atom. The molecule has 2 aromatic heterocycles. The third-order valence-corrected chi connectivity index (χ3v) is 2.60. The van der Waals surface area contributed by atoms with Gasteiger partial charge >= 0.3 is 5.97 Å². The van der Waals surface area contributed by atoms with Gasteiger partial charge in [-0.3, -0.25) is 0 Å². The molecule has 0 saturated heterocycles. The molecule has 84 valence electrons. The van der Waals surface area contributed by atoms with Crippen molar-refractivity contribution in [3.8, 4) is 0 Å². The van der Waals surface area contributed by atoms with E-state index in [4.69, 9.17) is 9.15 Å². The summed E-state index contributed by atoms with van der Waals surface area (Å²) in [6.45, 7) is 2.07. The SMILES string of the molecule is CCOC(=O)c1nc2ccoc2nc1SC. The highest BCUT2D eigenvalue weighted by Gasteiger charge is 2.17. The third-order valence-electron chi connectivity index (χ3n) is 1.92. The predicted molar refractivity (Wildman–Crippen MR) is 59.5 cm³/mol. The van der Waals surface area contributed by atoms with Crippen molar-refractivity contribution in [2.75, 3.05) is 12.9 Å². The highest BCUT2D eigenvalue weighted by molar-refractivity contribution is 7.98. The van der Waals surface area contributed by atoms with E-state index in [9.17, 15) is 4.79 Å². The first-order chi connectivity index (χ1) is 7.76. The van der Waals surface area contributed by atoms with Crippen LogP contribution >= 0.6 is 11.8 Å². The fourth-order valence-corrected chi connectivity index (χ4v) is 1.75. The van der Waals surface area contributed by atoms with Crippen molar-refractivity contribution in [1.82, 2.24) is 9.97 Å². The Morgan fingerprint density at radius 1 is 1.56 bits per heavy atom. The van der Waals surface area contributed by atoms with Crippen LogP contribution in [0.3, 0.4) is 0 Å². The maximum Gasteiger partial charge on any atom is 0.359 e. The summed E-state index contributed by atoms with van der Waals surface area (Å²) in [6.07, 6.45) is 3.31. The molecule has 0 saturated carbocycles. The zero-order valence-corrected chi connectivity index (χ0v) is 9.71. The minimum absolute atomic E-state index is 0.239. The van der Waals surface area contributed by atoms with Crippen molar-refractivity contribution in [2.24, 2.45) is 0 Å². The van der Waals surface area contributed by atoms with Crippen LogP contribution < -0.4 is 0 Å². The normalized spacial score (nSPS) is 10.6. The molecule has 0 unspecified atom stereocenters. The highest BCUT2D eigenvalue weighted by Crippen LogP contribution is 2.21. The fraction of sp³-hybridized carbons (Fsp3) is 0.300. The lowest BCUT2D eigenvalue weighted by Gasteiger charge is -2.04. The van der Waals surface area contributed by atoms with Gasteiger partial charge in [0.1, 0.15) is 10.5 Å². The molecule has 0 fully saturated rings. The Kier molecular flexibility index (Phi) is 3.09. The number of furan rings is 1. The number of fused-ring (bicyclic) bond motifs is 1. The van der Waals surface area contributed by atoms with Gasteiger partial charge in [-0.25, -0.2) is 14.8 Å². The second kappa shape index (κ2) is 4.52. The number of thioether (sulfide) groups is 1. The first-order valence-electron chi connectivity index (χ1n) is 4.72. The smallest absolute Gasteiger partial charge is 0.359 e. The summed E-state index contributed by atoms with van der Waals surface area (Å²) in [6, 6.07) is 1.66. The van der Waals surface area contributed by atoms with Crippen LogP contribution in [0.1, 0.15) is 17.4 Å². The van der Waals surface area contributed by atoms with E-state index < -0.39 is 5.97 Å². The summed E-state index contributed by atoms with van der Waals surface area (Å²) in [7, 11) is 0. The van der Waals surface area contributed by atoms with Crippen molar-refractivity contribution in [3.05, 3.63) is 18.0 Å². The Balaban J connectivity index is 2.52. The van der Waals surface area contributed by atoms with Gasteiger partial charge in [0.15, 0.2) is 5.69 Å². The van der Waals surface area contributed by atoms with Gasteiger partial charge in [0.25, 0.3) is 0 Å². The molecule has 6 heteroatoms. The Labute approximate surface area is 96.2 Å². The van der Waals surface area contributed by atoms with E-state index in [2.05, 4.69) is 9.97 Å². The van der Waals surface area contributed by atoms with E-state index in [1.807, 2.05) is 6.26 Å². The summed E-state index contributed by atoms with van der Waals surface area (Å²) in [5, 5.41) is 0.515. The second-order valence-corrected chi connectivity index (χ2v) is 3.71. The molecule has 0 radical (unpaired) electrons. The molecule has 0 aliphatic heterocycles. The molecule has 0 spiro atoms. The molecule has 2 heterocycles. The molecular formula is C10H10N2O3S. The van der Waals surface area contributed by atoms with Crippen LogP contribution in [0.15, 0.2) is 21.8 Å². The van der Waals surface area contributed by atoms with Crippen molar-refractivity contribution in [2.45, 2.75) is 11.9 Å². The standard InChI is InChI=1S/C10H10N2O3S/c1-3-14-10(13)7-9(16-2)12-8-6(11-7)4-5-15-8/h4-5H,3H2,1-2H3.